The first kappa shape index (κ1) is 17.8. The first-order valence-electron chi connectivity index (χ1n) is 9.28. The van der Waals surface area contributed by atoms with Crippen LogP contribution in [0.3, 0.4) is 0 Å². The number of benzene rings is 1. The van der Waals surface area contributed by atoms with Crippen molar-refractivity contribution >= 4 is 12.0 Å². The molecule has 0 bridgehead atoms. The van der Waals surface area contributed by atoms with Crippen LogP contribution in [0.2, 0.25) is 0 Å². The van der Waals surface area contributed by atoms with Crippen molar-refractivity contribution in [2.24, 2.45) is 17.8 Å². The topological polar surface area (TPSA) is 69.6 Å². The quantitative estimate of drug-likeness (QED) is 0.862. The zero-order valence-corrected chi connectivity index (χ0v) is 15.1. The molecule has 1 saturated heterocycles. The van der Waals surface area contributed by atoms with Crippen molar-refractivity contribution in [2.45, 2.75) is 45.6 Å². The van der Waals surface area contributed by atoms with Crippen molar-refractivity contribution in [3.8, 4) is 0 Å². The van der Waals surface area contributed by atoms with Gasteiger partial charge in [-0.2, -0.15) is 0 Å². The molecule has 1 aromatic rings. The Labute approximate surface area is 149 Å². The largest absolute Gasteiger partial charge is 0.481 e. The Kier molecular flexibility index (Phi) is 5.30. The van der Waals surface area contributed by atoms with E-state index in [2.05, 4.69) is 36.5 Å². The first-order chi connectivity index (χ1) is 11.9. The second-order valence-electron chi connectivity index (χ2n) is 7.74. The highest BCUT2D eigenvalue weighted by atomic mass is 16.4. The van der Waals surface area contributed by atoms with Gasteiger partial charge in [0, 0.05) is 19.1 Å². The Balaban J connectivity index is 1.59. The average molecular weight is 344 g/mol. The fourth-order valence-corrected chi connectivity index (χ4v) is 3.87. The van der Waals surface area contributed by atoms with Crippen LogP contribution in [-0.4, -0.2) is 41.1 Å². The summed E-state index contributed by atoms with van der Waals surface area (Å²) in [5, 5.41) is 12.4. The Morgan fingerprint density at radius 3 is 2.68 bits per heavy atom. The van der Waals surface area contributed by atoms with E-state index in [1.54, 1.807) is 4.90 Å². The standard InChI is InChI=1S/C20H28N2O3/c1-13-4-3-5-15(10-13)11-18(16-6-7-16)21-20(25)22-9-8-17(19(23)24)14(2)12-22/h3-5,10,14,16-18H,6-9,11-12H2,1-2H3,(H,21,25)(H,23,24). The molecule has 1 aromatic carbocycles. The maximum Gasteiger partial charge on any atom is 0.317 e. The van der Waals surface area contributed by atoms with Gasteiger partial charge in [0.05, 0.1) is 5.92 Å². The summed E-state index contributed by atoms with van der Waals surface area (Å²) in [5.41, 5.74) is 2.50. The van der Waals surface area contributed by atoms with Gasteiger partial charge < -0.3 is 15.3 Å². The predicted molar refractivity (Wildman–Crippen MR) is 96.4 cm³/mol. The number of hydrogen-bond donors (Lipinski definition) is 2. The van der Waals surface area contributed by atoms with Gasteiger partial charge in [0.15, 0.2) is 0 Å². The molecule has 0 radical (unpaired) electrons. The van der Waals surface area contributed by atoms with E-state index >= 15 is 0 Å². The van der Waals surface area contributed by atoms with Crippen molar-refractivity contribution in [3.63, 3.8) is 0 Å². The minimum Gasteiger partial charge on any atom is -0.481 e. The number of likely N-dealkylation sites (tertiary alicyclic amines) is 1. The van der Waals surface area contributed by atoms with Crippen LogP contribution in [0.25, 0.3) is 0 Å². The lowest BCUT2D eigenvalue weighted by molar-refractivity contribution is -0.145. The molecule has 3 unspecified atom stereocenters. The molecule has 3 atom stereocenters. The molecule has 1 aliphatic heterocycles. The van der Waals surface area contributed by atoms with Gasteiger partial charge in [0.2, 0.25) is 0 Å². The summed E-state index contributed by atoms with van der Waals surface area (Å²) in [6.45, 7) is 5.05. The van der Waals surface area contributed by atoms with Gasteiger partial charge in [-0.1, -0.05) is 36.8 Å². The number of carbonyl (C=O) groups excluding carboxylic acids is 1. The van der Waals surface area contributed by atoms with Gasteiger partial charge in [-0.25, -0.2) is 4.79 Å². The number of nitrogens with zero attached hydrogens (tertiary/aromatic N) is 1. The van der Waals surface area contributed by atoms with Crippen LogP contribution in [0.4, 0.5) is 4.79 Å². The summed E-state index contributed by atoms with van der Waals surface area (Å²) >= 11 is 0. The normalized spacial score (nSPS) is 24.6. The van der Waals surface area contributed by atoms with E-state index in [4.69, 9.17) is 0 Å². The lowest BCUT2D eigenvalue weighted by Gasteiger charge is -2.36. The van der Waals surface area contributed by atoms with E-state index in [9.17, 15) is 14.7 Å². The van der Waals surface area contributed by atoms with Crippen molar-refractivity contribution < 1.29 is 14.7 Å². The Morgan fingerprint density at radius 2 is 2.08 bits per heavy atom. The van der Waals surface area contributed by atoms with Crippen LogP contribution in [0, 0.1) is 24.7 Å². The number of aryl methyl sites for hydroxylation is 1. The fraction of sp³-hybridized carbons (Fsp3) is 0.600. The van der Waals surface area contributed by atoms with Gasteiger partial charge in [0.1, 0.15) is 0 Å². The maximum absolute atomic E-state index is 12.7. The molecular formula is C20H28N2O3. The molecule has 25 heavy (non-hydrogen) atoms. The van der Waals surface area contributed by atoms with E-state index < -0.39 is 5.97 Å². The number of carboxylic acids is 1. The second-order valence-corrected chi connectivity index (χ2v) is 7.74. The number of amides is 2. The Morgan fingerprint density at radius 1 is 1.32 bits per heavy atom. The molecule has 1 saturated carbocycles. The zero-order valence-electron chi connectivity index (χ0n) is 15.1. The molecule has 0 spiro atoms. The minimum absolute atomic E-state index is 0.00634. The predicted octanol–water partition coefficient (Wildman–Crippen LogP) is 3.07. The zero-order chi connectivity index (χ0) is 18.0. The number of urea groups is 1. The lowest BCUT2D eigenvalue weighted by Crippen LogP contribution is -2.51. The van der Waals surface area contributed by atoms with Crippen LogP contribution in [0.15, 0.2) is 24.3 Å². The molecule has 1 aliphatic carbocycles. The third kappa shape index (κ3) is 4.53. The molecule has 136 valence electrons. The number of aliphatic carboxylic acids is 1. The third-order valence-electron chi connectivity index (χ3n) is 5.55. The van der Waals surface area contributed by atoms with E-state index in [0.29, 0.717) is 25.4 Å². The van der Waals surface area contributed by atoms with Crippen molar-refractivity contribution in [3.05, 3.63) is 35.4 Å². The van der Waals surface area contributed by atoms with Crippen LogP contribution >= 0.6 is 0 Å². The summed E-state index contributed by atoms with van der Waals surface area (Å²) in [6, 6.07) is 8.58. The summed E-state index contributed by atoms with van der Waals surface area (Å²) in [4.78, 5) is 25.7. The monoisotopic (exact) mass is 344 g/mol. The van der Waals surface area contributed by atoms with Crippen LogP contribution in [0.5, 0.6) is 0 Å². The average Bonchev–Trinajstić information content (AvgIpc) is 3.38. The Hall–Kier alpha value is -2.04. The number of carbonyl (C=O) groups is 2. The summed E-state index contributed by atoms with van der Waals surface area (Å²) < 4.78 is 0. The molecule has 2 N–H and O–H groups in total. The molecule has 2 amide bonds. The van der Waals surface area contributed by atoms with Crippen molar-refractivity contribution in [2.75, 3.05) is 13.1 Å². The highest BCUT2D eigenvalue weighted by Gasteiger charge is 2.36. The number of piperidine rings is 1. The van der Waals surface area contributed by atoms with Crippen LogP contribution in [0.1, 0.15) is 37.3 Å². The molecule has 3 rings (SSSR count). The number of rotatable bonds is 5. The van der Waals surface area contributed by atoms with E-state index in [-0.39, 0.29) is 23.9 Å². The molecule has 1 heterocycles. The van der Waals surface area contributed by atoms with E-state index in [1.165, 1.54) is 24.0 Å². The number of carboxylic acid groups (broad SMARTS) is 1. The van der Waals surface area contributed by atoms with Crippen molar-refractivity contribution in [1.29, 1.82) is 0 Å². The fourth-order valence-electron chi connectivity index (χ4n) is 3.87. The highest BCUT2D eigenvalue weighted by molar-refractivity contribution is 5.76. The van der Waals surface area contributed by atoms with Crippen LogP contribution < -0.4 is 5.32 Å². The third-order valence-corrected chi connectivity index (χ3v) is 5.55. The van der Waals surface area contributed by atoms with Gasteiger partial charge in [-0.15, -0.1) is 0 Å². The number of nitrogens with one attached hydrogen (secondary N) is 1. The SMILES string of the molecule is Cc1cccc(CC(NC(=O)N2CCC(C(=O)O)C(C)C2)C2CC2)c1. The van der Waals surface area contributed by atoms with Gasteiger partial charge in [-0.05, 0) is 50.0 Å². The second kappa shape index (κ2) is 7.46. The lowest BCUT2D eigenvalue weighted by atomic mass is 9.87. The molecular weight excluding hydrogens is 316 g/mol. The highest BCUT2D eigenvalue weighted by Crippen LogP contribution is 2.34. The maximum atomic E-state index is 12.7. The van der Waals surface area contributed by atoms with Gasteiger partial charge in [0.25, 0.3) is 0 Å². The molecule has 2 fully saturated rings. The summed E-state index contributed by atoms with van der Waals surface area (Å²) in [5.74, 6) is -0.523. The van der Waals surface area contributed by atoms with Crippen molar-refractivity contribution in [1.82, 2.24) is 10.2 Å². The van der Waals surface area contributed by atoms with Crippen LogP contribution in [-0.2, 0) is 11.2 Å². The van der Waals surface area contributed by atoms with Gasteiger partial charge >= 0.3 is 12.0 Å². The van der Waals surface area contributed by atoms with E-state index in [0.717, 1.165) is 6.42 Å². The summed E-state index contributed by atoms with van der Waals surface area (Å²) in [6.07, 6.45) is 3.75. The minimum atomic E-state index is -0.747. The summed E-state index contributed by atoms with van der Waals surface area (Å²) in [7, 11) is 0. The molecule has 5 nitrogen and oxygen atoms in total. The smallest absolute Gasteiger partial charge is 0.317 e. The molecule has 0 aromatic heterocycles. The molecule has 2 aliphatic rings. The van der Waals surface area contributed by atoms with E-state index in [1.807, 2.05) is 6.92 Å². The Bertz CT molecular complexity index is 642. The van der Waals surface area contributed by atoms with Gasteiger partial charge in [-0.3, -0.25) is 4.79 Å². The number of hydrogen-bond acceptors (Lipinski definition) is 2. The molecule has 5 heteroatoms. The first-order valence-corrected chi connectivity index (χ1v) is 9.28.